The van der Waals surface area contributed by atoms with Crippen molar-refractivity contribution >= 4 is 0 Å². The van der Waals surface area contributed by atoms with E-state index in [0.29, 0.717) is 0 Å². The molecule has 3 aliphatic carbocycles. The molecule has 0 radical (unpaired) electrons. The first-order valence-corrected chi connectivity index (χ1v) is 12.6. The number of hydrogen-bond acceptors (Lipinski definition) is 0. The quantitative estimate of drug-likeness (QED) is 0.252. The summed E-state index contributed by atoms with van der Waals surface area (Å²) in [5.74, 6) is 0. The van der Waals surface area contributed by atoms with E-state index < -0.39 is 0 Å². The van der Waals surface area contributed by atoms with Crippen LogP contribution in [0.1, 0.15) is 0 Å². The van der Waals surface area contributed by atoms with Crippen LogP contribution in [0.4, 0.5) is 0 Å². The molecule has 0 unspecified atom stereocenters. The van der Waals surface area contributed by atoms with Crippen LogP contribution in [0.15, 0.2) is 121 Å². The van der Waals surface area contributed by atoms with Gasteiger partial charge in [-0.15, -0.1) is 0 Å². The summed E-state index contributed by atoms with van der Waals surface area (Å²) in [6, 6.07) is 44.8. The van der Waals surface area contributed by atoms with Crippen LogP contribution in [0.5, 0.6) is 0 Å². The van der Waals surface area contributed by atoms with Gasteiger partial charge in [0.15, 0.2) is 0 Å². The van der Waals surface area contributed by atoms with Crippen molar-refractivity contribution in [1.29, 1.82) is 0 Å². The number of fused-ring (bicyclic) bond motifs is 6. The summed E-state index contributed by atoms with van der Waals surface area (Å²) in [5, 5.41) is 16.5. The Morgan fingerprint density at radius 2 is 0.639 bits per heavy atom. The zero-order chi connectivity index (χ0) is 23.4. The van der Waals surface area contributed by atoms with E-state index in [9.17, 15) is 0 Å². The molecule has 0 bridgehead atoms. The first kappa shape index (κ1) is 18.6. The van der Waals surface area contributed by atoms with Gasteiger partial charge in [-0.25, -0.2) is 0 Å². The summed E-state index contributed by atoms with van der Waals surface area (Å²) in [4.78, 5) is 0. The third kappa shape index (κ3) is 2.12. The van der Waals surface area contributed by atoms with Gasteiger partial charge in [0.2, 0.25) is 0 Å². The maximum Gasteiger partial charge on any atom is -0.00137 e. The predicted octanol–water partition coefficient (Wildman–Crippen LogP) is 7.68. The minimum absolute atomic E-state index is 1.33. The summed E-state index contributed by atoms with van der Waals surface area (Å²) in [7, 11) is 0. The molecule has 0 nitrogen and oxygen atoms in total. The Kier molecular flexibility index (Phi) is 3.36. The first-order valence-electron chi connectivity index (χ1n) is 12.6. The molecule has 0 N–H and O–H groups in total. The lowest BCUT2D eigenvalue weighted by Gasteiger charge is -2.20. The molecule has 0 heteroatoms. The summed E-state index contributed by atoms with van der Waals surface area (Å²) in [5.41, 5.74) is 5.37. The van der Waals surface area contributed by atoms with Gasteiger partial charge in [0.25, 0.3) is 0 Å². The second-order valence-corrected chi connectivity index (χ2v) is 10.0. The van der Waals surface area contributed by atoms with Crippen molar-refractivity contribution in [2.75, 3.05) is 0 Å². The van der Waals surface area contributed by atoms with Crippen LogP contribution < -0.4 is 0 Å². The monoisotopic (exact) mass is 452 g/mol. The van der Waals surface area contributed by atoms with Crippen LogP contribution in [-0.2, 0) is 0 Å². The topological polar surface area (TPSA) is 0 Å². The van der Waals surface area contributed by atoms with Gasteiger partial charge >= 0.3 is 0 Å². The minimum atomic E-state index is 1.33. The van der Waals surface area contributed by atoms with E-state index in [0.717, 1.165) is 0 Å². The average Bonchev–Trinajstić information content (AvgIpc) is 2.91. The molecule has 0 saturated heterocycles. The van der Waals surface area contributed by atoms with Gasteiger partial charge in [-0.05, 0) is 84.9 Å². The van der Waals surface area contributed by atoms with Crippen molar-refractivity contribution in [3.8, 4) is 22.3 Å². The molecular weight excluding hydrogens is 432 g/mol. The van der Waals surface area contributed by atoms with Gasteiger partial charge in [-0.2, -0.15) is 0 Å². The highest BCUT2D eigenvalue weighted by atomic mass is 14.2. The zero-order valence-corrected chi connectivity index (χ0v) is 19.5. The molecule has 9 rings (SSSR count). The van der Waals surface area contributed by atoms with Gasteiger partial charge in [-0.1, -0.05) is 121 Å². The maximum atomic E-state index is 2.37. The van der Waals surface area contributed by atoms with Crippen LogP contribution in [0.25, 0.3) is 22.3 Å². The molecule has 0 heterocycles. The van der Waals surface area contributed by atoms with Crippen molar-refractivity contribution < 1.29 is 0 Å². The summed E-state index contributed by atoms with van der Waals surface area (Å²) < 4.78 is 0. The summed E-state index contributed by atoms with van der Waals surface area (Å²) >= 11 is 0. The van der Waals surface area contributed by atoms with Crippen LogP contribution in [-0.4, -0.2) is 0 Å². The molecule has 0 fully saturated rings. The van der Waals surface area contributed by atoms with E-state index in [1.165, 1.54) is 84.9 Å². The van der Waals surface area contributed by atoms with Crippen LogP contribution >= 0.6 is 0 Å². The lowest BCUT2D eigenvalue weighted by molar-refractivity contribution is 1.25. The zero-order valence-electron chi connectivity index (χ0n) is 19.5. The van der Waals surface area contributed by atoms with E-state index in [-0.39, 0.29) is 0 Å². The molecule has 0 spiro atoms. The Labute approximate surface area is 206 Å². The Morgan fingerprint density at radius 3 is 1.22 bits per heavy atom. The molecule has 164 valence electrons. The molecule has 3 aliphatic rings. The SMILES string of the molecule is c1ccc2c(c1)=c1cccc(-c3ccc4c(c3-c3cccc5c3=c3ccccc3=5)=c3ccccc3=4)c1=2. The molecule has 0 saturated carbocycles. The Bertz CT molecular complexity index is 2580. The highest BCUT2D eigenvalue weighted by molar-refractivity contribution is 5.86. The van der Waals surface area contributed by atoms with E-state index in [1.54, 1.807) is 0 Å². The third-order valence-electron chi connectivity index (χ3n) is 8.35. The van der Waals surface area contributed by atoms with E-state index >= 15 is 0 Å². The van der Waals surface area contributed by atoms with Gasteiger partial charge < -0.3 is 0 Å². The molecule has 0 aliphatic heterocycles. The molecular formula is C36H20. The normalized spacial score (nSPS) is 12.4. The smallest absolute Gasteiger partial charge is 0.00137 e. The Balaban J connectivity index is 1.52. The van der Waals surface area contributed by atoms with Crippen molar-refractivity contribution in [3.05, 3.63) is 184 Å². The molecule has 36 heavy (non-hydrogen) atoms. The molecule has 0 amide bonds. The number of hydrogen-bond donors (Lipinski definition) is 0. The Hall–Kier alpha value is -4.68. The van der Waals surface area contributed by atoms with Crippen LogP contribution in [0, 0.1) is 62.6 Å². The molecule has 6 aromatic carbocycles. The minimum Gasteiger partial charge on any atom is -0.0616 e. The average molecular weight is 453 g/mol. The van der Waals surface area contributed by atoms with Crippen molar-refractivity contribution in [3.63, 3.8) is 0 Å². The third-order valence-corrected chi connectivity index (χ3v) is 8.35. The van der Waals surface area contributed by atoms with E-state index in [2.05, 4.69) is 121 Å². The highest BCUT2D eigenvalue weighted by Crippen LogP contribution is 2.39. The fourth-order valence-corrected chi connectivity index (χ4v) is 6.80. The number of benzene rings is 6. The second kappa shape index (κ2) is 6.50. The fraction of sp³-hybridized carbons (Fsp3) is 0. The molecule has 0 aromatic heterocycles. The lowest BCUT2D eigenvalue weighted by Crippen LogP contribution is -2.02. The van der Waals surface area contributed by atoms with Gasteiger partial charge in [0, 0.05) is 0 Å². The van der Waals surface area contributed by atoms with Crippen molar-refractivity contribution in [2.24, 2.45) is 0 Å². The van der Waals surface area contributed by atoms with Crippen molar-refractivity contribution in [1.82, 2.24) is 0 Å². The van der Waals surface area contributed by atoms with Gasteiger partial charge in [0.1, 0.15) is 0 Å². The largest absolute Gasteiger partial charge is 0.0616 e. The molecule has 6 aromatic rings. The fourth-order valence-electron chi connectivity index (χ4n) is 6.80. The van der Waals surface area contributed by atoms with Crippen molar-refractivity contribution in [2.45, 2.75) is 0 Å². The van der Waals surface area contributed by atoms with E-state index in [1.807, 2.05) is 0 Å². The standard InChI is InChI=1S/C36H20/c1-4-12-24-21(9-1)26-15-7-17-29(33(24)26)31-20-19-30-23-11-3-6-14-28(23)35(30)36(31)32-18-8-16-27-22-10-2-5-13-25(22)34(27)32/h1-20H. The highest BCUT2D eigenvalue weighted by Gasteiger charge is 2.19. The van der Waals surface area contributed by atoms with E-state index in [4.69, 9.17) is 0 Å². The summed E-state index contributed by atoms with van der Waals surface area (Å²) in [6.07, 6.45) is 0. The second-order valence-electron chi connectivity index (χ2n) is 10.0. The van der Waals surface area contributed by atoms with Crippen LogP contribution in [0.2, 0.25) is 0 Å². The number of rotatable bonds is 2. The van der Waals surface area contributed by atoms with Gasteiger partial charge in [-0.3, -0.25) is 0 Å². The van der Waals surface area contributed by atoms with Crippen LogP contribution in [0.3, 0.4) is 0 Å². The van der Waals surface area contributed by atoms with Gasteiger partial charge in [0.05, 0.1) is 0 Å². The first-order chi connectivity index (χ1) is 17.9. The Morgan fingerprint density at radius 1 is 0.222 bits per heavy atom. The predicted molar refractivity (Wildman–Crippen MR) is 143 cm³/mol. The molecule has 0 atom stereocenters. The summed E-state index contributed by atoms with van der Waals surface area (Å²) in [6.45, 7) is 0. The maximum absolute atomic E-state index is 2.37. The lowest BCUT2D eigenvalue weighted by atomic mass is 9.83.